The van der Waals surface area contributed by atoms with E-state index in [0.717, 1.165) is 16.6 Å². The molecule has 1 saturated heterocycles. The van der Waals surface area contributed by atoms with Crippen LogP contribution in [-0.2, 0) is 11.3 Å². The number of ether oxygens (including phenoxy) is 2. The Morgan fingerprint density at radius 2 is 1.85 bits per heavy atom. The molecule has 0 saturated carbocycles. The van der Waals surface area contributed by atoms with Crippen molar-refractivity contribution in [2.24, 2.45) is 0 Å². The molecule has 12 heteroatoms. The number of benzene rings is 2. The van der Waals surface area contributed by atoms with E-state index in [-0.39, 0.29) is 12.5 Å². The molecular weight excluding hydrogens is 565 g/mol. The smallest absolute Gasteiger partial charge is 0.255 e. The third-order valence-corrected chi connectivity index (χ3v) is 7.60. The van der Waals surface area contributed by atoms with Crippen LogP contribution in [0.3, 0.4) is 0 Å². The number of halogens is 2. The van der Waals surface area contributed by atoms with Crippen molar-refractivity contribution in [2.45, 2.75) is 6.54 Å². The Kier molecular flexibility index (Phi) is 7.69. The molecule has 4 heterocycles. The fourth-order valence-electron chi connectivity index (χ4n) is 4.70. The van der Waals surface area contributed by atoms with Crippen LogP contribution < -0.4 is 10.1 Å². The first-order valence-corrected chi connectivity index (χ1v) is 13.7. The summed E-state index contributed by atoms with van der Waals surface area (Å²) in [5, 5.41) is 9.74. The van der Waals surface area contributed by atoms with Crippen LogP contribution in [-0.4, -0.2) is 69.0 Å². The first-order valence-electron chi connectivity index (χ1n) is 12.9. The lowest BCUT2D eigenvalue weighted by atomic mass is 10.1. The third kappa shape index (κ3) is 5.41. The van der Waals surface area contributed by atoms with Gasteiger partial charge in [0, 0.05) is 47.1 Å². The summed E-state index contributed by atoms with van der Waals surface area (Å²) in [4.78, 5) is 28.3. The Morgan fingerprint density at radius 3 is 2.63 bits per heavy atom. The van der Waals surface area contributed by atoms with Gasteiger partial charge in [0.25, 0.3) is 5.91 Å². The van der Waals surface area contributed by atoms with Crippen molar-refractivity contribution in [3.8, 4) is 17.3 Å². The predicted octanol–water partition coefficient (Wildman–Crippen LogP) is 5.47. The Morgan fingerprint density at radius 1 is 1.07 bits per heavy atom. The van der Waals surface area contributed by atoms with Crippen molar-refractivity contribution in [1.29, 1.82) is 0 Å². The third-order valence-electron chi connectivity index (χ3n) is 6.81. The normalized spacial score (nSPS) is 13.4. The number of para-hydroxylation sites is 1. The highest BCUT2D eigenvalue weighted by Gasteiger charge is 2.24. The van der Waals surface area contributed by atoms with Gasteiger partial charge in [-0.1, -0.05) is 41.4 Å². The number of anilines is 2. The summed E-state index contributed by atoms with van der Waals surface area (Å²) in [6.07, 6.45) is 4.98. The van der Waals surface area contributed by atoms with Crippen LogP contribution in [0.4, 0.5) is 11.5 Å². The second-order valence-corrected chi connectivity index (χ2v) is 10.1. The Hall–Kier alpha value is -4.25. The van der Waals surface area contributed by atoms with Gasteiger partial charge < -0.3 is 19.7 Å². The summed E-state index contributed by atoms with van der Waals surface area (Å²) >= 11 is 13.5. The maximum Gasteiger partial charge on any atom is 0.255 e. The van der Waals surface area contributed by atoms with Gasteiger partial charge in [-0.2, -0.15) is 5.10 Å². The van der Waals surface area contributed by atoms with Crippen molar-refractivity contribution in [1.82, 2.24) is 29.6 Å². The standard InChI is InChI=1S/C29H25Cl2N7O3/c1-40-24-16-33-28(35-27(24)34-18-8-10-32-11-9-18)26-19-4-2-3-5-23(19)38(36-26)17-21-22(30)7-6-20(25(21)31)29(39)37-12-14-41-15-13-37/h2-11,16H,12-15,17H2,1H3,(H,32,33,34,35). The number of amides is 1. The average Bonchev–Trinajstić information content (AvgIpc) is 3.38. The van der Waals surface area contributed by atoms with Gasteiger partial charge in [-0.15, -0.1) is 0 Å². The van der Waals surface area contributed by atoms with Crippen LogP contribution in [0.1, 0.15) is 15.9 Å². The highest BCUT2D eigenvalue weighted by atomic mass is 35.5. The van der Waals surface area contributed by atoms with Crippen molar-refractivity contribution in [2.75, 3.05) is 38.7 Å². The van der Waals surface area contributed by atoms with E-state index < -0.39 is 0 Å². The van der Waals surface area contributed by atoms with E-state index in [1.54, 1.807) is 47.4 Å². The summed E-state index contributed by atoms with van der Waals surface area (Å²) in [6, 6.07) is 14.8. The lowest BCUT2D eigenvalue weighted by Gasteiger charge is -2.27. The van der Waals surface area contributed by atoms with Crippen LogP contribution in [0.2, 0.25) is 10.0 Å². The van der Waals surface area contributed by atoms with Gasteiger partial charge in [-0.3, -0.25) is 14.5 Å². The number of hydrogen-bond acceptors (Lipinski definition) is 8. The molecular formula is C29H25Cl2N7O3. The number of hydrogen-bond donors (Lipinski definition) is 1. The molecule has 0 radical (unpaired) electrons. The fraction of sp³-hybridized carbons (Fsp3) is 0.207. The van der Waals surface area contributed by atoms with E-state index in [1.165, 1.54) is 0 Å². The maximum absolute atomic E-state index is 13.2. The minimum atomic E-state index is -0.150. The SMILES string of the molecule is COc1cnc(-c2nn(Cc3c(Cl)ccc(C(=O)N4CCOCC4)c3Cl)c3ccccc23)nc1Nc1ccncc1. The minimum Gasteiger partial charge on any atom is -0.491 e. The molecule has 1 fully saturated rings. The number of pyridine rings is 1. The van der Waals surface area contributed by atoms with Gasteiger partial charge in [0.05, 0.1) is 49.2 Å². The second-order valence-electron chi connectivity index (χ2n) is 9.29. The molecule has 0 spiro atoms. The molecule has 1 amide bonds. The monoisotopic (exact) mass is 589 g/mol. The first-order chi connectivity index (χ1) is 20.0. The molecule has 0 bridgehead atoms. The fourth-order valence-corrected chi connectivity index (χ4v) is 5.27. The molecule has 2 aromatic carbocycles. The van der Waals surface area contributed by atoms with Crippen LogP contribution in [0.25, 0.3) is 22.4 Å². The molecule has 41 heavy (non-hydrogen) atoms. The van der Waals surface area contributed by atoms with E-state index in [4.69, 9.17) is 42.8 Å². The summed E-state index contributed by atoms with van der Waals surface area (Å²) < 4.78 is 12.7. The molecule has 10 nitrogen and oxygen atoms in total. The van der Waals surface area contributed by atoms with Crippen molar-refractivity contribution in [3.63, 3.8) is 0 Å². The number of aromatic nitrogens is 5. The number of rotatable bonds is 7. The van der Waals surface area contributed by atoms with E-state index in [1.807, 2.05) is 36.4 Å². The van der Waals surface area contributed by atoms with Gasteiger partial charge in [0.1, 0.15) is 5.69 Å². The van der Waals surface area contributed by atoms with E-state index >= 15 is 0 Å². The summed E-state index contributed by atoms with van der Waals surface area (Å²) in [5.41, 5.74) is 3.21. The van der Waals surface area contributed by atoms with Gasteiger partial charge >= 0.3 is 0 Å². The zero-order chi connectivity index (χ0) is 28.3. The molecule has 1 aliphatic rings. The highest BCUT2D eigenvalue weighted by Crippen LogP contribution is 2.34. The number of nitrogens with one attached hydrogen (secondary N) is 1. The summed E-state index contributed by atoms with van der Waals surface area (Å²) in [7, 11) is 1.56. The Bertz CT molecular complexity index is 1720. The Balaban J connectivity index is 1.38. The van der Waals surface area contributed by atoms with Gasteiger partial charge in [0.15, 0.2) is 17.4 Å². The van der Waals surface area contributed by atoms with E-state index in [2.05, 4.69) is 15.3 Å². The molecule has 5 aromatic rings. The van der Waals surface area contributed by atoms with Gasteiger partial charge in [-0.05, 0) is 30.3 Å². The predicted molar refractivity (Wildman–Crippen MR) is 157 cm³/mol. The van der Waals surface area contributed by atoms with Gasteiger partial charge in [-0.25, -0.2) is 9.97 Å². The maximum atomic E-state index is 13.2. The van der Waals surface area contributed by atoms with Crippen molar-refractivity contribution >= 4 is 51.5 Å². The number of morpholine rings is 1. The largest absolute Gasteiger partial charge is 0.491 e. The van der Waals surface area contributed by atoms with Crippen molar-refractivity contribution < 1.29 is 14.3 Å². The van der Waals surface area contributed by atoms with E-state index in [0.29, 0.717) is 70.6 Å². The summed E-state index contributed by atoms with van der Waals surface area (Å²) in [5.74, 6) is 1.23. The number of nitrogens with zero attached hydrogens (tertiary/aromatic N) is 6. The lowest BCUT2D eigenvalue weighted by Crippen LogP contribution is -2.40. The quantitative estimate of drug-likeness (QED) is 0.266. The molecule has 0 unspecified atom stereocenters. The molecule has 1 aliphatic heterocycles. The van der Waals surface area contributed by atoms with Crippen LogP contribution >= 0.6 is 23.2 Å². The van der Waals surface area contributed by atoms with Gasteiger partial charge in [0.2, 0.25) is 0 Å². The number of methoxy groups -OCH3 is 1. The topological polar surface area (TPSA) is 107 Å². The van der Waals surface area contributed by atoms with Crippen LogP contribution in [0.5, 0.6) is 5.75 Å². The van der Waals surface area contributed by atoms with Crippen LogP contribution in [0, 0.1) is 0 Å². The molecule has 6 rings (SSSR count). The average molecular weight is 590 g/mol. The molecule has 1 N–H and O–H groups in total. The number of carbonyl (C=O) groups excluding carboxylic acids is 1. The second kappa shape index (κ2) is 11.7. The molecule has 208 valence electrons. The minimum absolute atomic E-state index is 0.150. The summed E-state index contributed by atoms with van der Waals surface area (Å²) in [6.45, 7) is 2.26. The zero-order valence-corrected chi connectivity index (χ0v) is 23.6. The van der Waals surface area contributed by atoms with Crippen molar-refractivity contribution in [3.05, 3.63) is 88.3 Å². The molecule has 3 aromatic heterocycles. The Labute approximate surface area is 245 Å². The lowest BCUT2D eigenvalue weighted by molar-refractivity contribution is 0.0303. The molecule has 0 aliphatic carbocycles. The molecule has 0 atom stereocenters. The highest BCUT2D eigenvalue weighted by molar-refractivity contribution is 6.38. The van der Waals surface area contributed by atoms with E-state index in [9.17, 15) is 4.79 Å². The number of carbonyl (C=O) groups is 1. The first kappa shape index (κ1) is 26.9. The van der Waals surface area contributed by atoms with Crippen LogP contribution in [0.15, 0.2) is 67.1 Å². The number of fused-ring (bicyclic) bond motifs is 1. The zero-order valence-electron chi connectivity index (χ0n) is 22.1.